The molecule has 34 heavy (non-hydrogen) atoms. The van der Waals surface area contributed by atoms with Gasteiger partial charge in [-0.15, -0.1) is 0 Å². The molecule has 1 heterocycles. The van der Waals surface area contributed by atoms with Gasteiger partial charge in [0.1, 0.15) is 0 Å². The number of halogens is 5. The Hall–Kier alpha value is -3.01. The second-order valence-electron chi connectivity index (χ2n) is 7.60. The van der Waals surface area contributed by atoms with E-state index in [9.17, 15) is 27.9 Å². The van der Waals surface area contributed by atoms with E-state index in [4.69, 9.17) is 28.3 Å². The monoisotopic (exact) mass is 515 g/mol. The zero-order chi connectivity index (χ0) is 25.4. The molecular formula is C23H18Cl2F3NO5. The van der Waals surface area contributed by atoms with Crippen LogP contribution in [0.2, 0.25) is 10.0 Å². The fraction of sp³-hybridized carbons (Fsp3) is 0.217. The molecule has 0 fully saturated rings. The molecule has 2 aromatic carbocycles. The first-order valence-electron chi connectivity index (χ1n) is 9.72. The van der Waals surface area contributed by atoms with Crippen molar-refractivity contribution in [1.82, 2.24) is 4.57 Å². The third-order valence-electron chi connectivity index (χ3n) is 5.51. The lowest BCUT2D eigenvalue weighted by Crippen LogP contribution is -2.47. The molecule has 0 aliphatic heterocycles. The van der Waals surface area contributed by atoms with Gasteiger partial charge < -0.3 is 19.5 Å². The lowest BCUT2D eigenvalue weighted by molar-refractivity contribution is -0.274. The average molecular weight is 516 g/mol. The normalized spacial score (nSPS) is 14.4. The minimum atomic E-state index is -5.09. The predicted molar refractivity (Wildman–Crippen MR) is 121 cm³/mol. The summed E-state index contributed by atoms with van der Waals surface area (Å²) in [6.07, 6.45) is -5.72. The van der Waals surface area contributed by atoms with Crippen molar-refractivity contribution in [2.45, 2.75) is 24.6 Å². The van der Waals surface area contributed by atoms with Gasteiger partial charge in [-0.1, -0.05) is 48.3 Å². The Balaban J connectivity index is 2.07. The van der Waals surface area contributed by atoms with Crippen molar-refractivity contribution in [2.75, 3.05) is 0 Å². The second-order valence-corrected chi connectivity index (χ2v) is 8.42. The largest absolute Gasteiger partial charge is 0.511 e. The Morgan fingerprint density at radius 1 is 1.03 bits per heavy atom. The van der Waals surface area contributed by atoms with Gasteiger partial charge in [-0.05, 0) is 41.0 Å². The highest BCUT2D eigenvalue weighted by atomic mass is 35.5. The molecule has 180 valence electrons. The first-order chi connectivity index (χ1) is 15.8. The third-order valence-corrected chi connectivity index (χ3v) is 6.15. The molecule has 0 spiro atoms. The van der Waals surface area contributed by atoms with Crippen LogP contribution in [-0.2, 0) is 12.6 Å². The predicted octanol–water partition coefficient (Wildman–Crippen LogP) is 5.97. The molecule has 11 heteroatoms. The van der Waals surface area contributed by atoms with Crippen LogP contribution in [0.4, 0.5) is 18.0 Å². The number of ether oxygens (including phenoxy) is 1. The molecule has 2 N–H and O–H groups in total. The highest BCUT2D eigenvalue weighted by molar-refractivity contribution is 6.32. The molecule has 0 aliphatic carbocycles. The molecule has 0 aliphatic rings. The van der Waals surface area contributed by atoms with E-state index in [-0.39, 0.29) is 21.4 Å². The number of nitrogens with zero attached hydrogens (tertiary/aromatic N) is 1. The Bertz CT molecular complexity index is 1310. The molecule has 1 aromatic heterocycles. The summed E-state index contributed by atoms with van der Waals surface area (Å²) in [5, 5.41) is 19.7. The minimum absolute atomic E-state index is 0.00932. The second kappa shape index (κ2) is 9.32. The first-order valence-corrected chi connectivity index (χ1v) is 10.5. The van der Waals surface area contributed by atoms with E-state index in [1.165, 1.54) is 44.3 Å². The van der Waals surface area contributed by atoms with Crippen molar-refractivity contribution >= 4 is 29.4 Å². The SMILES string of the molecule is CC(c1ccc(-c2ccc(Cl)c(OC(=O)O)c2)cc1Cl)C(O)(c1ccc(=O)n(C)c1)C(F)(F)F. The van der Waals surface area contributed by atoms with Crippen molar-refractivity contribution in [3.8, 4) is 16.9 Å². The van der Waals surface area contributed by atoms with Crippen LogP contribution in [0.15, 0.2) is 59.5 Å². The van der Waals surface area contributed by atoms with Crippen LogP contribution >= 0.6 is 23.2 Å². The van der Waals surface area contributed by atoms with Crippen molar-refractivity contribution < 1.29 is 32.9 Å². The molecule has 2 atom stereocenters. The van der Waals surface area contributed by atoms with E-state index < -0.39 is 35.0 Å². The van der Waals surface area contributed by atoms with Crippen molar-refractivity contribution in [3.63, 3.8) is 0 Å². The van der Waals surface area contributed by atoms with Gasteiger partial charge in [0.15, 0.2) is 11.4 Å². The zero-order valence-corrected chi connectivity index (χ0v) is 19.2. The van der Waals surface area contributed by atoms with Crippen LogP contribution in [0.25, 0.3) is 11.1 Å². The maximum atomic E-state index is 14.2. The maximum Gasteiger partial charge on any atom is 0.511 e. The van der Waals surface area contributed by atoms with Crippen LogP contribution in [-0.4, -0.2) is 27.1 Å². The van der Waals surface area contributed by atoms with Gasteiger partial charge in [0.25, 0.3) is 0 Å². The van der Waals surface area contributed by atoms with Gasteiger partial charge in [-0.25, -0.2) is 4.79 Å². The number of hydrogen-bond acceptors (Lipinski definition) is 4. The first kappa shape index (κ1) is 25.6. The van der Waals surface area contributed by atoms with Crippen LogP contribution in [0.1, 0.15) is 24.0 Å². The van der Waals surface area contributed by atoms with Crippen molar-refractivity contribution in [3.05, 3.63) is 86.3 Å². The fourth-order valence-corrected chi connectivity index (χ4v) is 4.12. The van der Waals surface area contributed by atoms with Gasteiger partial charge >= 0.3 is 12.3 Å². The molecule has 2 unspecified atom stereocenters. The Morgan fingerprint density at radius 3 is 2.21 bits per heavy atom. The van der Waals surface area contributed by atoms with Gasteiger partial charge in [0.05, 0.1) is 5.02 Å². The topological polar surface area (TPSA) is 88.8 Å². The summed E-state index contributed by atoms with van der Waals surface area (Å²) < 4.78 is 48.1. The number of alkyl halides is 3. The molecule has 6 nitrogen and oxygen atoms in total. The smallest absolute Gasteiger partial charge is 0.449 e. The fourth-order valence-electron chi connectivity index (χ4n) is 3.62. The van der Waals surface area contributed by atoms with Gasteiger partial charge in [0, 0.05) is 35.8 Å². The number of aryl methyl sites for hydroxylation is 1. The van der Waals surface area contributed by atoms with Crippen molar-refractivity contribution in [1.29, 1.82) is 0 Å². The summed E-state index contributed by atoms with van der Waals surface area (Å²) in [4.78, 5) is 22.5. The molecule has 0 amide bonds. The van der Waals surface area contributed by atoms with Gasteiger partial charge in [0.2, 0.25) is 5.56 Å². The molecule has 0 bridgehead atoms. The van der Waals surface area contributed by atoms with Gasteiger partial charge in [-0.3, -0.25) is 4.79 Å². The number of benzene rings is 2. The van der Waals surface area contributed by atoms with E-state index >= 15 is 0 Å². The number of aliphatic hydroxyl groups is 1. The lowest BCUT2D eigenvalue weighted by Gasteiger charge is -2.37. The van der Waals surface area contributed by atoms with Crippen LogP contribution in [0.5, 0.6) is 5.75 Å². The highest BCUT2D eigenvalue weighted by Gasteiger charge is 2.59. The summed E-state index contributed by atoms with van der Waals surface area (Å²) in [6, 6.07) is 10.4. The summed E-state index contributed by atoms with van der Waals surface area (Å²) in [5.41, 5.74) is -3.47. The third kappa shape index (κ3) is 4.77. The van der Waals surface area contributed by atoms with Gasteiger partial charge in [-0.2, -0.15) is 13.2 Å². The van der Waals surface area contributed by atoms with E-state index in [1.807, 2.05) is 0 Å². The zero-order valence-electron chi connectivity index (χ0n) is 17.7. The molecular weight excluding hydrogens is 498 g/mol. The number of carbonyl (C=O) groups is 1. The minimum Gasteiger partial charge on any atom is -0.449 e. The number of aromatic nitrogens is 1. The van der Waals surface area contributed by atoms with Crippen molar-refractivity contribution in [2.24, 2.45) is 7.05 Å². The molecule has 3 aromatic rings. The Labute approximate surface area is 201 Å². The van der Waals surface area contributed by atoms with Crippen LogP contribution in [0.3, 0.4) is 0 Å². The highest BCUT2D eigenvalue weighted by Crippen LogP contribution is 2.50. The van der Waals surface area contributed by atoms with Crippen LogP contribution < -0.4 is 10.3 Å². The summed E-state index contributed by atoms with van der Waals surface area (Å²) >= 11 is 12.3. The van der Waals surface area contributed by atoms with E-state index in [0.29, 0.717) is 11.1 Å². The standard InChI is InChI=1S/C23H18Cl2F3NO5/c1-12(22(33,23(26,27)28)15-5-8-20(30)29(2)11-15)16-6-3-13(9-18(16)25)14-4-7-17(24)19(10-14)34-21(31)32/h3-12,33H,1-2H3,(H,31,32). The van der Waals surface area contributed by atoms with E-state index in [2.05, 4.69) is 4.74 Å². The Kier molecular flexibility index (Phi) is 7.02. The van der Waals surface area contributed by atoms with E-state index in [0.717, 1.165) is 22.9 Å². The Morgan fingerprint density at radius 2 is 1.65 bits per heavy atom. The number of pyridine rings is 1. The molecule has 0 saturated heterocycles. The molecule has 3 rings (SSSR count). The molecule has 0 radical (unpaired) electrons. The number of hydrogen-bond donors (Lipinski definition) is 2. The summed E-state index contributed by atoms with van der Waals surface area (Å²) in [5.74, 6) is -1.68. The maximum absolute atomic E-state index is 14.2. The van der Waals surface area contributed by atoms with Crippen LogP contribution in [0, 0.1) is 0 Å². The van der Waals surface area contributed by atoms with E-state index in [1.54, 1.807) is 6.07 Å². The average Bonchev–Trinajstić information content (AvgIpc) is 2.75. The quantitative estimate of drug-likeness (QED) is 0.322. The lowest BCUT2D eigenvalue weighted by atomic mass is 9.78. The number of rotatable bonds is 5. The number of carboxylic acid groups (broad SMARTS) is 1. The summed E-state index contributed by atoms with van der Waals surface area (Å²) in [6.45, 7) is 1.18. The summed E-state index contributed by atoms with van der Waals surface area (Å²) in [7, 11) is 1.28. The molecule has 0 saturated carbocycles.